The summed E-state index contributed by atoms with van der Waals surface area (Å²) in [5.74, 6) is -2.28. The molecule has 0 fully saturated rings. The van der Waals surface area contributed by atoms with Crippen molar-refractivity contribution in [1.82, 2.24) is 0 Å². The highest BCUT2D eigenvalue weighted by Gasteiger charge is 2.31. The van der Waals surface area contributed by atoms with Gasteiger partial charge in [0.1, 0.15) is 11.5 Å². The molecule has 0 heterocycles. The van der Waals surface area contributed by atoms with Crippen LogP contribution in [0.2, 0.25) is 0 Å². The lowest BCUT2D eigenvalue weighted by atomic mass is 9.83. The summed E-state index contributed by atoms with van der Waals surface area (Å²) in [5.41, 5.74) is 2.97. The van der Waals surface area contributed by atoms with E-state index in [1.807, 2.05) is 27.7 Å². The van der Waals surface area contributed by atoms with E-state index in [1.165, 1.54) is 0 Å². The zero-order chi connectivity index (χ0) is 30.1. The molecule has 4 aromatic rings. The number of phenols is 6. The fourth-order valence-electron chi connectivity index (χ4n) is 5.88. The van der Waals surface area contributed by atoms with Crippen molar-refractivity contribution >= 4 is 72.1 Å². The Balaban J connectivity index is 2.29. The number of thiol groups is 4. The third kappa shape index (κ3) is 4.47. The van der Waals surface area contributed by atoms with Gasteiger partial charge in [-0.3, -0.25) is 0 Å². The number of fused-ring (bicyclic) bond motifs is 2. The SMILES string of the molecule is Cc1cc2c(C(C)C)c(O)c(O)c(C(S)S)c2c(O)c1-c1c(C)cc2c(C(C)C)c(O)c(O)c(C(S)S)c2c1O. The molecular formula is C30H34O6S4. The molecule has 0 saturated heterocycles. The number of benzene rings is 4. The minimum Gasteiger partial charge on any atom is -0.507 e. The van der Waals surface area contributed by atoms with Gasteiger partial charge in [-0.15, -0.1) is 0 Å². The van der Waals surface area contributed by atoms with Crippen molar-refractivity contribution in [1.29, 1.82) is 0 Å². The van der Waals surface area contributed by atoms with E-state index in [0.29, 0.717) is 44.2 Å². The first kappa shape index (κ1) is 30.6. The van der Waals surface area contributed by atoms with Gasteiger partial charge in [-0.25, -0.2) is 0 Å². The molecule has 40 heavy (non-hydrogen) atoms. The van der Waals surface area contributed by atoms with Gasteiger partial charge in [0.05, 0.1) is 9.16 Å². The van der Waals surface area contributed by atoms with Crippen LogP contribution in [0.25, 0.3) is 32.7 Å². The maximum Gasteiger partial charge on any atom is 0.163 e. The average Bonchev–Trinajstić information content (AvgIpc) is 2.82. The summed E-state index contributed by atoms with van der Waals surface area (Å²) in [6, 6.07) is 3.59. The van der Waals surface area contributed by atoms with Gasteiger partial charge >= 0.3 is 0 Å². The first-order valence-electron chi connectivity index (χ1n) is 12.7. The molecule has 0 aliphatic carbocycles. The fraction of sp³-hybridized carbons (Fsp3) is 0.333. The van der Waals surface area contributed by atoms with Crippen LogP contribution in [0.5, 0.6) is 34.5 Å². The summed E-state index contributed by atoms with van der Waals surface area (Å²) < 4.78 is -1.70. The lowest BCUT2D eigenvalue weighted by molar-refractivity contribution is 0.396. The Morgan fingerprint density at radius 2 is 0.750 bits per heavy atom. The van der Waals surface area contributed by atoms with Crippen LogP contribution in [-0.4, -0.2) is 30.6 Å². The van der Waals surface area contributed by atoms with Gasteiger partial charge in [0.2, 0.25) is 0 Å². The standard InChI is InChI=1S/C30H34O6S4/c1-9(2)15-13-7-11(5)17(23(31)19(13)21(29(37)38)27(35)25(15)33)18-12(6)8-14-16(10(3)4)26(34)28(36)22(30(39)40)20(14)24(18)32/h7-10,29-40H,1-6H3. The third-order valence-corrected chi connectivity index (χ3v) is 8.54. The van der Waals surface area contributed by atoms with Gasteiger partial charge < -0.3 is 30.6 Å². The minimum atomic E-state index is -0.850. The van der Waals surface area contributed by atoms with E-state index in [9.17, 15) is 30.6 Å². The molecule has 6 nitrogen and oxygen atoms in total. The van der Waals surface area contributed by atoms with Gasteiger partial charge in [-0.2, -0.15) is 50.5 Å². The molecule has 214 valence electrons. The molecule has 4 aromatic carbocycles. The highest BCUT2D eigenvalue weighted by Crippen LogP contribution is 2.57. The number of hydrogen-bond acceptors (Lipinski definition) is 10. The summed E-state index contributed by atoms with van der Waals surface area (Å²) in [6.07, 6.45) is 0. The maximum atomic E-state index is 11.9. The van der Waals surface area contributed by atoms with Crippen molar-refractivity contribution < 1.29 is 30.6 Å². The van der Waals surface area contributed by atoms with Crippen molar-refractivity contribution in [3.05, 3.63) is 45.5 Å². The van der Waals surface area contributed by atoms with E-state index in [2.05, 4.69) is 50.5 Å². The molecule has 0 unspecified atom stereocenters. The number of aryl methyl sites for hydroxylation is 2. The lowest BCUT2D eigenvalue weighted by Gasteiger charge is -2.25. The zero-order valence-corrected chi connectivity index (χ0v) is 26.5. The van der Waals surface area contributed by atoms with E-state index >= 15 is 0 Å². The highest BCUT2D eigenvalue weighted by molar-refractivity contribution is 7.98. The predicted octanol–water partition coefficient (Wildman–Crippen LogP) is 8.47. The highest BCUT2D eigenvalue weighted by atomic mass is 32.2. The largest absolute Gasteiger partial charge is 0.507 e. The van der Waals surface area contributed by atoms with E-state index in [1.54, 1.807) is 26.0 Å². The van der Waals surface area contributed by atoms with Gasteiger partial charge in [0.25, 0.3) is 0 Å². The molecular weight excluding hydrogens is 585 g/mol. The van der Waals surface area contributed by atoms with E-state index in [4.69, 9.17) is 0 Å². The van der Waals surface area contributed by atoms with Crippen molar-refractivity contribution in [2.24, 2.45) is 0 Å². The Labute approximate surface area is 255 Å². The van der Waals surface area contributed by atoms with Crippen molar-refractivity contribution in [3.8, 4) is 45.6 Å². The zero-order valence-electron chi connectivity index (χ0n) is 22.9. The van der Waals surface area contributed by atoms with Gasteiger partial charge in [-0.1, -0.05) is 39.8 Å². The second-order valence-corrected chi connectivity index (χ2v) is 13.7. The summed E-state index contributed by atoms with van der Waals surface area (Å²) >= 11 is 17.6. The Morgan fingerprint density at radius 3 is 1.00 bits per heavy atom. The van der Waals surface area contributed by atoms with Crippen LogP contribution >= 0.6 is 50.5 Å². The van der Waals surface area contributed by atoms with Crippen molar-refractivity contribution in [3.63, 3.8) is 0 Å². The maximum absolute atomic E-state index is 11.9. The molecule has 0 saturated carbocycles. The Bertz CT molecular complexity index is 1570. The van der Waals surface area contributed by atoms with Gasteiger partial charge in [0.15, 0.2) is 23.0 Å². The van der Waals surface area contributed by atoms with Crippen LogP contribution in [-0.2, 0) is 0 Å². The first-order chi connectivity index (χ1) is 18.5. The van der Waals surface area contributed by atoms with Crippen LogP contribution in [0.1, 0.15) is 82.1 Å². The molecule has 0 radical (unpaired) electrons. The van der Waals surface area contributed by atoms with Crippen molar-refractivity contribution in [2.75, 3.05) is 0 Å². The number of phenolic OH excluding ortho intramolecular Hbond substituents is 6. The average molecular weight is 619 g/mol. The van der Waals surface area contributed by atoms with Gasteiger partial charge in [-0.05, 0) is 47.6 Å². The molecule has 0 aliphatic rings. The van der Waals surface area contributed by atoms with E-state index < -0.39 is 20.7 Å². The molecule has 0 atom stereocenters. The number of aromatic hydroxyl groups is 6. The lowest BCUT2D eigenvalue weighted by Crippen LogP contribution is -2.01. The summed E-state index contributed by atoms with van der Waals surface area (Å²) in [6.45, 7) is 11.0. The summed E-state index contributed by atoms with van der Waals surface area (Å²) in [7, 11) is 0. The molecule has 0 bridgehead atoms. The molecule has 0 spiro atoms. The fourth-order valence-corrected chi connectivity index (χ4v) is 6.88. The molecule has 0 aromatic heterocycles. The number of hydrogen-bond donors (Lipinski definition) is 10. The summed E-state index contributed by atoms with van der Waals surface area (Å²) in [4.78, 5) is 0. The molecule has 4 rings (SSSR count). The molecule has 0 aliphatic heterocycles. The van der Waals surface area contributed by atoms with Crippen molar-refractivity contribution in [2.45, 2.75) is 62.5 Å². The first-order valence-corrected chi connectivity index (χ1v) is 14.8. The normalized spacial score (nSPS) is 12.2. The van der Waals surface area contributed by atoms with Crippen LogP contribution in [0.15, 0.2) is 12.1 Å². The Hall–Kier alpha value is -2.40. The van der Waals surface area contributed by atoms with E-state index in [0.717, 1.165) is 0 Å². The predicted molar refractivity (Wildman–Crippen MR) is 176 cm³/mol. The third-order valence-electron chi connectivity index (χ3n) is 7.51. The molecule has 0 amide bonds. The van der Waals surface area contributed by atoms with E-state index in [-0.39, 0.29) is 56.7 Å². The molecule has 6 N–H and O–H groups in total. The summed E-state index contributed by atoms with van der Waals surface area (Å²) in [5, 5.41) is 69.0. The second-order valence-electron chi connectivity index (χ2n) is 10.8. The topological polar surface area (TPSA) is 121 Å². The smallest absolute Gasteiger partial charge is 0.163 e. The molecule has 10 heteroatoms. The van der Waals surface area contributed by atoms with Gasteiger partial charge in [0, 0.05) is 44.2 Å². The van der Waals surface area contributed by atoms with Crippen LogP contribution in [0.3, 0.4) is 0 Å². The second kappa shape index (κ2) is 10.8. The van der Waals surface area contributed by atoms with Crippen LogP contribution in [0.4, 0.5) is 0 Å². The van der Waals surface area contributed by atoms with Crippen LogP contribution < -0.4 is 0 Å². The monoisotopic (exact) mass is 618 g/mol. The minimum absolute atomic E-state index is 0.136. The quantitative estimate of drug-likeness (QED) is 0.0622. The Kier molecular flexibility index (Phi) is 8.23. The van der Waals surface area contributed by atoms with Crippen LogP contribution in [0, 0.1) is 13.8 Å². The Morgan fingerprint density at radius 1 is 0.475 bits per heavy atom. The number of rotatable bonds is 5.